The molecule has 2 amide bonds. The van der Waals surface area contributed by atoms with Gasteiger partial charge in [-0.05, 0) is 37.5 Å². The summed E-state index contributed by atoms with van der Waals surface area (Å²) in [6.45, 7) is 0.753. The van der Waals surface area contributed by atoms with Gasteiger partial charge in [0.1, 0.15) is 10.0 Å². The summed E-state index contributed by atoms with van der Waals surface area (Å²) in [4.78, 5) is 65.3. The van der Waals surface area contributed by atoms with Crippen LogP contribution >= 0.6 is 46.1 Å². The molecule has 1 fully saturated rings. The lowest BCUT2D eigenvalue weighted by Gasteiger charge is -2.13. The number of imide groups is 1. The lowest BCUT2D eigenvalue weighted by atomic mass is 10.1. The first kappa shape index (κ1) is 29.9. The van der Waals surface area contributed by atoms with Crippen LogP contribution in [0.3, 0.4) is 0 Å². The number of fused-ring (bicyclic) bond motifs is 1. The minimum atomic E-state index is -0.638. The van der Waals surface area contributed by atoms with Crippen LogP contribution < -0.4 is 10.4 Å². The Morgan fingerprint density at radius 1 is 1.00 bits per heavy atom. The third kappa shape index (κ3) is 6.77. The topological polar surface area (TPSA) is 129 Å². The van der Waals surface area contributed by atoms with Crippen LogP contribution in [-0.2, 0) is 35.2 Å². The second kappa shape index (κ2) is 13.0. The molecular formula is C26H22Cl3NO9S. The van der Waals surface area contributed by atoms with Gasteiger partial charge in [-0.2, -0.15) is 0 Å². The zero-order valence-corrected chi connectivity index (χ0v) is 24.1. The van der Waals surface area contributed by atoms with Gasteiger partial charge >= 0.3 is 17.6 Å². The summed E-state index contributed by atoms with van der Waals surface area (Å²) < 4.78 is 15.5. The predicted molar refractivity (Wildman–Crippen MR) is 147 cm³/mol. The Morgan fingerprint density at radius 2 is 1.73 bits per heavy atom. The van der Waals surface area contributed by atoms with Crippen molar-refractivity contribution in [2.45, 2.75) is 51.9 Å². The summed E-state index contributed by atoms with van der Waals surface area (Å²) in [5, 5.41) is 0.796. The summed E-state index contributed by atoms with van der Waals surface area (Å²) in [5.74, 6) is -2.28. The number of hydrogen-bond donors (Lipinski definition) is 0. The van der Waals surface area contributed by atoms with Gasteiger partial charge in [0.2, 0.25) is 6.79 Å². The van der Waals surface area contributed by atoms with Crippen LogP contribution in [0.5, 0.6) is 5.75 Å². The number of hydroxylamine groups is 2. The maximum absolute atomic E-state index is 12.8. The standard InChI is InChI=1S/C26H22Cl3NO9S/c1-13(31)36-12-37-25-22(28)21(27)16-11-15(26(35)38-24(16)23(25)29)17-8-7-14(40-17)5-3-2-4-6-20(34)39-30-18(32)9-10-19(30)33/h7-8,11H,2-6,9-10,12H2,1H3. The predicted octanol–water partition coefficient (Wildman–Crippen LogP) is 6.09. The number of nitrogens with zero attached hydrogens (tertiary/aromatic N) is 1. The third-order valence-corrected chi connectivity index (χ3v) is 8.24. The van der Waals surface area contributed by atoms with Gasteiger partial charge in [-0.3, -0.25) is 14.4 Å². The van der Waals surface area contributed by atoms with Crippen LogP contribution in [0.1, 0.15) is 50.3 Å². The average Bonchev–Trinajstić information content (AvgIpc) is 3.50. The quantitative estimate of drug-likeness (QED) is 0.0617. The Labute approximate surface area is 246 Å². The number of rotatable bonds is 11. The van der Waals surface area contributed by atoms with Gasteiger partial charge in [-0.25, -0.2) is 9.59 Å². The van der Waals surface area contributed by atoms with Crippen molar-refractivity contribution in [1.82, 2.24) is 5.06 Å². The number of benzene rings is 1. The molecule has 2 aromatic heterocycles. The number of esters is 1. The molecule has 1 aromatic carbocycles. The first-order chi connectivity index (χ1) is 19.1. The first-order valence-electron chi connectivity index (χ1n) is 12.1. The number of halogens is 3. The summed E-state index contributed by atoms with van der Waals surface area (Å²) >= 11 is 20.5. The molecule has 1 aliphatic heterocycles. The molecule has 0 saturated carbocycles. The molecule has 212 valence electrons. The van der Waals surface area contributed by atoms with Crippen molar-refractivity contribution in [2.75, 3.05) is 6.79 Å². The normalized spacial score (nSPS) is 13.2. The summed E-state index contributed by atoms with van der Waals surface area (Å²) in [5.41, 5.74) is -0.378. The molecule has 40 heavy (non-hydrogen) atoms. The lowest BCUT2D eigenvalue weighted by Crippen LogP contribution is -2.31. The first-order valence-corrected chi connectivity index (χ1v) is 14.1. The Kier molecular flexibility index (Phi) is 9.72. The van der Waals surface area contributed by atoms with Gasteiger partial charge in [-0.15, -0.1) is 16.4 Å². The van der Waals surface area contributed by atoms with Crippen LogP contribution in [0.25, 0.3) is 21.4 Å². The van der Waals surface area contributed by atoms with E-state index >= 15 is 0 Å². The smallest absolute Gasteiger partial charge is 0.345 e. The van der Waals surface area contributed by atoms with Crippen LogP contribution in [0.4, 0.5) is 0 Å². The minimum absolute atomic E-state index is 0.0172. The van der Waals surface area contributed by atoms with Crippen LogP contribution in [0.2, 0.25) is 15.1 Å². The number of thiophene rings is 1. The zero-order valence-electron chi connectivity index (χ0n) is 21.1. The van der Waals surface area contributed by atoms with Gasteiger partial charge in [0, 0.05) is 41.3 Å². The van der Waals surface area contributed by atoms with Crippen LogP contribution in [0, 0.1) is 0 Å². The van der Waals surface area contributed by atoms with E-state index in [-0.39, 0.29) is 51.2 Å². The molecule has 1 aliphatic rings. The maximum Gasteiger partial charge on any atom is 0.345 e. The van der Waals surface area contributed by atoms with E-state index in [1.165, 1.54) is 18.3 Å². The Morgan fingerprint density at radius 3 is 2.42 bits per heavy atom. The number of ether oxygens (including phenoxy) is 2. The highest BCUT2D eigenvalue weighted by molar-refractivity contribution is 7.15. The molecule has 14 heteroatoms. The highest BCUT2D eigenvalue weighted by Gasteiger charge is 2.32. The van der Waals surface area contributed by atoms with Gasteiger partial charge < -0.3 is 18.7 Å². The lowest BCUT2D eigenvalue weighted by molar-refractivity contribution is -0.197. The summed E-state index contributed by atoms with van der Waals surface area (Å²) in [6, 6.07) is 5.25. The number of hydrogen-bond acceptors (Lipinski definition) is 10. The summed E-state index contributed by atoms with van der Waals surface area (Å²) in [6.07, 6.45) is 2.94. The number of carbonyl (C=O) groups is 4. The third-order valence-electron chi connectivity index (χ3n) is 5.87. The fourth-order valence-electron chi connectivity index (χ4n) is 3.89. The average molecular weight is 631 g/mol. The molecule has 1 saturated heterocycles. The molecule has 4 rings (SSSR count). The van der Waals surface area contributed by atoms with Crippen LogP contribution in [0.15, 0.2) is 27.4 Å². The molecule has 0 atom stereocenters. The second-order valence-corrected chi connectivity index (χ2v) is 11.0. The molecule has 0 aliphatic carbocycles. The van der Waals surface area contributed by atoms with Crippen molar-refractivity contribution >= 4 is 80.9 Å². The van der Waals surface area contributed by atoms with Crippen molar-refractivity contribution in [3.05, 3.63) is 48.6 Å². The molecule has 3 heterocycles. The Hall–Kier alpha value is -3.12. The molecule has 0 bridgehead atoms. The van der Waals surface area contributed by atoms with Crippen molar-refractivity contribution in [3.8, 4) is 16.2 Å². The molecule has 3 aromatic rings. The van der Waals surface area contributed by atoms with E-state index in [9.17, 15) is 24.0 Å². The van der Waals surface area contributed by atoms with Crippen molar-refractivity contribution < 1.29 is 37.9 Å². The SMILES string of the molecule is CC(=O)OCOc1c(Cl)c(Cl)c2cc(-c3ccc(CCCCCC(=O)ON4C(=O)CCC4=O)s3)c(=O)oc2c1Cl. The number of aryl methyl sites for hydroxylation is 1. The molecule has 0 N–H and O–H groups in total. The highest BCUT2D eigenvalue weighted by Crippen LogP contribution is 2.45. The van der Waals surface area contributed by atoms with E-state index in [1.807, 2.05) is 6.07 Å². The molecule has 0 radical (unpaired) electrons. The number of carbonyl (C=O) groups excluding carboxylic acids is 4. The number of amides is 2. The summed E-state index contributed by atoms with van der Waals surface area (Å²) in [7, 11) is 0. The molecule has 0 spiro atoms. The van der Waals surface area contributed by atoms with E-state index in [0.29, 0.717) is 28.2 Å². The Bertz CT molecular complexity index is 1530. The fourth-order valence-corrected chi connectivity index (χ4v) is 5.76. The second-order valence-electron chi connectivity index (χ2n) is 8.73. The van der Waals surface area contributed by atoms with Crippen molar-refractivity contribution in [1.29, 1.82) is 0 Å². The molecule has 10 nitrogen and oxygen atoms in total. The molecule has 0 unspecified atom stereocenters. The highest BCUT2D eigenvalue weighted by atomic mass is 35.5. The largest absolute Gasteiger partial charge is 0.454 e. The van der Waals surface area contributed by atoms with E-state index in [2.05, 4.69) is 0 Å². The van der Waals surface area contributed by atoms with Gasteiger partial charge in [-0.1, -0.05) is 41.2 Å². The monoisotopic (exact) mass is 629 g/mol. The Balaban J connectivity index is 1.37. The van der Waals surface area contributed by atoms with Crippen LogP contribution in [-0.4, -0.2) is 35.6 Å². The van der Waals surface area contributed by atoms with Crippen molar-refractivity contribution in [2.24, 2.45) is 0 Å². The zero-order chi connectivity index (χ0) is 29.0. The minimum Gasteiger partial charge on any atom is -0.454 e. The van der Waals surface area contributed by atoms with E-state index < -0.39 is 36.2 Å². The fraction of sp³-hybridized carbons (Fsp3) is 0.346. The maximum atomic E-state index is 12.8. The van der Waals surface area contributed by atoms with Gasteiger partial charge in [0.05, 0.1) is 10.6 Å². The number of unbranched alkanes of at least 4 members (excludes halogenated alkanes) is 2. The van der Waals surface area contributed by atoms with E-state index in [1.54, 1.807) is 12.1 Å². The van der Waals surface area contributed by atoms with Gasteiger partial charge in [0.25, 0.3) is 11.8 Å². The van der Waals surface area contributed by atoms with Gasteiger partial charge in [0.15, 0.2) is 11.3 Å². The van der Waals surface area contributed by atoms with E-state index in [4.69, 9.17) is 53.5 Å². The van der Waals surface area contributed by atoms with E-state index in [0.717, 1.165) is 17.7 Å². The van der Waals surface area contributed by atoms with Crippen molar-refractivity contribution in [3.63, 3.8) is 0 Å². The molecular weight excluding hydrogens is 609 g/mol.